The molecular formula is C65H129NO5. The largest absolute Gasteiger partial charge is 0.466 e. The average Bonchev–Trinajstić information content (AvgIpc) is 3.37. The zero-order chi connectivity index (χ0) is 51.4. The highest BCUT2D eigenvalue weighted by molar-refractivity contribution is 5.76. The third kappa shape index (κ3) is 58.0. The van der Waals surface area contributed by atoms with Gasteiger partial charge in [0.2, 0.25) is 5.91 Å². The van der Waals surface area contributed by atoms with Crippen molar-refractivity contribution < 1.29 is 24.5 Å². The third-order valence-electron chi connectivity index (χ3n) is 15.7. The van der Waals surface area contributed by atoms with Gasteiger partial charge in [-0.15, -0.1) is 0 Å². The predicted molar refractivity (Wildman–Crippen MR) is 310 cm³/mol. The minimum atomic E-state index is -0.663. The second-order valence-electron chi connectivity index (χ2n) is 22.8. The van der Waals surface area contributed by atoms with Crippen LogP contribution in [0.1, 0.15) is 380 Å². The third-order valence-corrected chi connectivity index (χ3v) is 15.7. The first-order chi connectivity index (χ1) is 35.0. The second kappa shape index (κ2) is 61.4. The van der Waals surface area contributed by atoms with Crippen LogP contribution in [0.3, 0.4) is 0 Å². The molecule has 1 amide bonds. The first kappa shape index (κ1) is 69.9. The Morgan fingerprint density at radius 1 is 0.338 bits per heavy atom. The van der Waals surface area contributed by atoms with Crippen molar-refractivity contribution >= 4 is 11.9 Å². The maximum absolute atomic E-state index is 12.5. The zero-order valence-corrected chi connectivity index (χ0v) is 48.5. The molecule has 0 saturated heterocycles. The molecule has 3 N–H and O–H groups in total. The quantitative estimate of drug-likeness (QED) is 0.0417. The number of rotatable bonds is 62. The van der Waals surface area contributed by atoms with Crippen molar-refractivity contribution in [3.05, 3.63) is 0 Å². The first-order valence-corrected chi connectivity index (χ1v) is 32.8. The van der Waals surface area contributed by atoms with E-state index in [9.17, 15) is 19.8 Å². The Hall–Kier alpha value is -1.14. The van der Waals surface area contributed by atoms with E-state index in [2.05, 4.69) is 19.2 Å². The Kier molecular flexibility index (Phi) is 60.4. The molecule has 0 aliphatic carbocycles. The summed E-state index contributed by atoms with van der Waals surface area (Å²) < 4.78 is 5.48. The first-order valence-electron chi connectivity index (χ1n) is 32.8. The van der Waals surface area contributed by atoms with Crippen LogP contribution in [0, 0.1) is 0 Å². The van der Waals surface area contributed by atoms with Gasteiger partial charge in [0.15, 0.2) is 0 Å². The summed E-state index contributed by atoms with van der Waals surface area (Å²) in [6.07, 6.45) is 72.7. The van der Waals surface area contributed by atoms with Crippen molar-refractivity contribution in [3.63, 3.8) is 0 Å². The molecule has 0 bridgehead atoms. The normalized spacial score (nSPS) is 12.5. The second-order valence-corrected chi connectivity index (χ2v) is 22.8. The molecule has 0 aliphatic rings. The number of nitrogens with one attached hydrogen (secondary N) is 1. The van der Waals surface area contributed by atoms with Crippen molar-refractivity contribution in [2.45, 2.75) is 392 Å². The van der Waals surface area contributed by atoms with Gasteiger partial charge >= 0.3 is 5.97 Å². The number of unbranched alkanes of at least 4 members (excludes halogenated alkanes) is 51. The molecule has 0 saturated carbocycles. The van der Waals surface area contributed by atoms with Crippen LogP contribution in [0.25, 0.3) is 0 Å². The van der Waals surface area contributed by atoms with Crippen LogP contribution in [-0.4, -0.2) is 47.4 Å². The molecule has 0 rings (SSSR count). The number of hydrogen-bond donors (Lipinski definition) is 3. The number of carbonyl (C=O) groups is 2. The number of esters is 1. The summed E-state index contributed by atoms with van der Waals surface area (Å²) in [5.74, 6) is -0.0129. The highest BCUT2D eigenvalue weighted by Gasteiger charge is 2.20. The molecule has 0 spiro atoms. The number of carbonyl (C=O) groups excluding carboxylic acids is 2. The highest BCUT2D eigenvalue weighted by atomic mass is 16.5. The van der Waals surface area contributed by atoms with Crippen molar-refractivity contribution in [3.8, 4) is 0 Å². The van der Waals surface area contributed by atoms with E-state index in [4.69, 9.17) is 4.74 Å². The molecule has 0 radical (unpaired) electrons. The number of ether oxygens (including phenoxy) is 1. The van der Waals surface area contributed by atoms with Crippen molar-refractivity contribution in [2.75, 3.05) is 13.2 Å². The smallest absolute Gasteiger partial charge is 0.305 e. The summed E-state index contributed by atoms with van der Waals surface area (Å²) in [5.41, 5.74) is 0. The van der Waals surface area contributed by atoms with Crippen LogP contribution in [-0.2, 0) is 14.3 Å². The number of amides is 1. The van der Waals surface area contributed by atoms with Gasteiger partial charge in [-0.25, -0.2) is 0 Å². The van der Waals surface area contributed by atoms with E-state index in [1.54, 1.807) is 0 Å². The summed E-state index contributed by atoms with van der Waals surface area (Å²) in [5, 5.41) is 23.4. The molecule has 0 aromatic carbocycles. The van der Waals surface area contributed by atoms with Crippen molar-refractivity contribution in [1.82, 2.24) is 5.32 Å². The summed E-state index contributed by atoms with van der Waals surface area (Å²) in [4.78, 5) is 24.6. The van der Waals surface area contributed by atoms with Gasteiger partial charge in [0.05, 0.1) is 25.4 Å². The molecule has 0 aromatic rings. The van der Waals surface area contributed by atoms with Gasteiger partial charge in [-0.1, -0.05) is 341 Å². The van der Waals surface area contributed by atoms with E-state index < -0.39 is 12.1 Å². The molecule has 0 aliphatic heterocycles. The van der Waals surface area contributed by atoms with E-state index >= 15 is 0 Å². The topological polar surface area (TPSA) is 95.9 Å². The van der Waals surface area contributed by atoms with E-state index in [1.807, 2.05) is 0 Å². The number of aliphatic hydroxyl groups excluding tert-OH is 2. The fourth-order valence-corrected chi connectivity index (χ4v) is 10.6. The fraction of sp³-hybridized carbons (Fsp3) is 0.969. The maximum Gasteiger partial charge on any atom is 0.305 e. The van der Waals surface area contributed by atoms with Gasteiger partial charge < -0.3 is 20.3 Å². The van der Waals surface area contributed by atoms with Crippen LogP contribution < -0.4 is 5.32 Å². The lowest BCUT2D eigenvalue weighted by Crippen LogP contribution is -2.45. The summed E-state index contributed by atoms with van der Waals surface area (Å²) in [7, 11) is 0. The number of hydrogen-bond acceptors (Lipinski definition) is 5. The maximum atomic E-state index is 12.5. The molecule has 2 atom stereocenters. The average molecular weight is 1000 g/mol. The lowest BCUT2D eigenvalue weighted by molar-refractivity contribution is -0.143. The standard InChI is InChI=1S/C65H129NO5/c1-3-5-7-9-11-13-15-17-18-19-27-30-34-37-41-45-49-53-57-63(68)62(61-67)66-64(69)58-54-50-46-42-38-35-31-28-25-23-21-20-22-24-26-29-32-36-40-44-48-52-56-60-71-65(70)59-55-51-47-43-39-33-16-14-12-10-8-6-4-2/h62-63,67-68H,3-61H2,1-2H3,(H,66,69). The highest BCUT2D eigenvalue weighted by Crippen LogP contribution is 2.19. The number of aliphatic hydroxyl groups is 2. The Balaban J connectivity index is 3.36. The predicted octanol–water partition coefficient (Wildman–Crippen LogP) is 20.6. The van der Waals surface area contributed by atoms with E-state index in [-0.39, 0.29) is 18.5 Å². The van der Waals surface area contributed by atoms with Crippen LogP contribution in [0.2, 0.25) is 0 Å². The SMILES string of the molecule is CCCCCCCCCCCCCCCCCCCCC(O)C(CO)NC(=O)CCCCCCCCCCCCCCCCCCCCCCCCCOC(=O)CCCCCCCCCCCCCCC. The summed E-state index contributed by atoms with van der Waals surface area (Å²) in [6, 6.07) is -0.540. The van der Waals surface area contributed by atoms with Crippen molar-refractivity contribution in [2.24, 2.45) is 0 Å². The van der Waals surface area contributed by atoms with E-state index in [0.29, 0.717) is 25.9 Å². The molecule has 0 aromatic heterocycles. The zero-order valence-electron chi connectivity index (χ0n) is 48.5. The van der Waals surface area contributed by atoms with E-state index in [1.165, 1.54) is 308 Å². The van der Waals surface area contributed by atoms with Gasteiger partial charge in [0.25, 0.3) is 0 Å². The molecular weight excluding hydrogens is 875 g/mol. The summed E-state index contributed by atoms with van der Waals surface area (Å²) >= 11 is 0. The van der Waals surface area contributed by atoms with Crippen LogP contribution in [0.4, 0.5) is 0 Å². The Morgan fingerprint density at radius 3 is 0.859 bits per heavy atom. The van der Waals surface area contributed by atoms with Crippen LogP contribution in [0.5, 0.6) is 0 Å². The van der Waals surface area contributed by atoms with E-state index in [0.717, 1.165) is 38.5 Å². The molecule has 71 heavy (non-hydrogen) atoms. The van der Waals surface area contributed by atoms with Gasteiger partial charge in [-0.3, -0.25) is 9.59 Å². The molecule has 2 unspecified atom stereocenters. The van der Waals surface area contributed by atoms with Crippen molar-refractivity contribution in [1.29, 1.82) is 0 Å². The lowest BCUT2D eigenvalue weighted by Gasteiger charge is -2.22. The minimum Gasteiger partial charge on any atom is -0.466 e. The van der Waals surface area contributed by atoms with Gasteiger partial charge in [0.1, 0.15) is 0 Å². The van der Waals surface area contributed by atoms with Crippen LogP contribution in [0.15, 0.2) is 0 Å². The fourth-order valence-electron chi connectivity index (χ4n) is 10.6. The van der Waals surface area contributed by atoms with Crippen LogP contribution >= 0.6 is 0 Å². The van der Waals surface area contributed by atoms with Gasteiger partial charge in [0, 0.05) is 12.8 Å². The Bertz CT molecular complexity index is 1020. The Labute approximate surface area is 445 Å². The summed E-state index contributed by atoms with van der Waals surface area (Å²) in [6.45, 7) is 4.99. The van der Waals surface area contributed by atoms with Gasteiger partial charge in [-0.2, -0.15) is 0 Å². The monoisotopic (exact) mass is 1000 g/mol. The molecule has 6 heteroatoms. The molecule has 6 nitrogen and oxygen atoms in total. The lowest BCUT2D eigenvalue weighted by atomic mass is 10.0. The molecule has 0 fully saturated rings. The minimum absolute atomic E-state index is 0.0172. The Morgan fingerprint density at radius 2 is 0.577 bits per heavy atom. The molecule has 0 heterocycles. The van der Waals surface area contributed by atoms with Gasteiger partial charge in [-0.05, 0) is 25.7 Å². The molecule has 424 valence electrons.